The zero-order valence-electron chi connectivity index (χ0n) is 88.4. The predicted molar refractivity (Wildman–Crippen MR) is 594 cm³/mol. The maximum atomic E-state index is 9.83. The summed E-state index contributed by atoms with van der Waals surface area (Å²) in [5.74, 6) is 1.21. The molecule has 10 aromatic carbocycles. The number of phenolic OH excluding ortho intramolecular Hbond substituents is 6. The Labute approximate surface area is 840 Å². The van der Waals surface area contributed by atoms with Gasteiger partial charge < -0.3 is 100 Å². The fraction of sp³-hybridized carbons (Fsp3) is 0.421. The first-order valence-corrected chi connectivity index (χ1v) is 49.3. The number of aliphatic hydroxyl groups excluding tert-OH is 3. The van der Waals surface area contributed by atoms with Crippen molar-refractivity contribution in [3.05, 3.63) is 317 Å². The number of aromatic hydroxyl groups is 6. The smallest absolute Gasteiger partial charge is 0.160 e. The zero-order valence-corrected chi connectivity index (χ0v) is 88.4. The standard InChI is InChI=1S/C13H19NO.2C12H17NO2.4C12H17NO.3C12H17N/c1-9-7-10(2)13(15)12(8-9)6-4-5-11(3)14;1-8-3-5-10(7-12(8)15)11(14)6-4-9(2)13;1-8-6-10(5-3-4-9(2)13)12(15)11(14)7-8;1-9-3-6-11(7-4-9)12(14)8-5-10(2)13;1-9-6-11(8-12(14)7-9)5-3-4-10(2)13;1-9-6-7-12(14)8-11(9)5-3-4-10(2)13;1-9-4-3-5-11(8-9)12(14)7-6-10(2)13;1-10-5-3-7-12(9-10)8-4-6-11(2)13;1-10-6-3-4-8-12(10)9-5-7-11(2)13;1-10-6-8-12(9-7-10)5-3-4-11(2)13/h7-8,14-15H,4-6H2,1-3H3;3,5,7,11,13-15H,4,6H2,1-2H3;6-7,13-15H,3-5H2,1-2H3;3-4,6-7,12-14H,5,8H2,1-2H3;2*6-8,13-14H,3-5H2,1-2H3;3-5,8,12-14H,6-7H2,1-2H3;3,5,7,9,13H,4,6,8H2,1-2H3;3-4,6,8,13H,5,7,9H2,1-2H3;6-9,13H,3-5H2,1-2H3/t;11-;;12-;;;12-;;;/m.0.0..0.../s1. The summed E-state index contributed by atoms with van der Waals surface area (Å²) in [5, 5.41) is 159. The van der Waals surface area contributed by atoms with Gasteiger partial charge in [0.1, 0.15) is 23.0 Å². The van der Waals surface area contributed by atoms with Crippen LogP contribution in [0.5, 0.6) is 34.5 Å². The lowest BCUT2D eigenvalue weighted by molar-refractivity contribution is 0.169. The van der Waals surface area contributed by atoms with Gasteiger partial charge >= 0.3 is 0 Å². The highest BCUT2D eigenvalue weighted by Crippen LogP contribution is 2.33. The first kappa shape index (κ1) is 126. The Bertz CT molecular complexity index is 5370. The molecule has 0 aromatic heterocycles. The van der Waals surface area contributed by atoms with Gasteiger partial charge in [-0.1, -0.05) is 192 Å². The van der Waals surface area contributed by atoms with Crippen LogP contribution >= 0.6 is 0 Å². The Hall–Kier alpha value is -12.4. The molecule has 0 aliphatic carbocycles. The van der Waals surface area contributed by atoms with Crippen LogP contribution < -0.4 is 0 Å². The summed E-state index contributed by atoms with van der Waals surface area (Å²) in [7, 11) is 0. The minimum absolute atomic E-state index is 0.0248. The van der Waals surface area contributed by atoms with E-state index in [1.807, 2.05) is 176 Å². The molecule has 140 heavy (non-hydrogen) atoms. The number of benzene rings is 10. The van der Waals surface area contributed by atoms with Crippen LogP contribution in [0.1, 0.15) is 333 Å². The van der Waals surface area contributed by atoms with Gasteiger partial charge in [-0.25, -0.2) is 0 Å². The number of aliphatic hydroxyl groups is 3. The zero-order chi connectivity index (χ0) is 106. The largest absolute Gasteiger partial charge is 0.508 e. The molecule has 0 bridgehead atoms. The lowest BCUT2D eigenvalue weighted by Gasteiger charge is -2.11. The van der Waals surface area contributed by atoms with E-state index in [0.29, 0.717) is 96.3 Å². The molecule has 19 N–H and O–H groups in total. The highest BCUT2D eigenvalue weighted by molar-refractivity contribution is 5.82. The number of phenols is 6. The second-order valence-corrected chi connectivity index (χ2v) is 37.9. The Morgan fingerprint density at radius 3 is 1.00 bits per heavy atom. The van der Waals surface area contributed by atoms with Crippen LogP contribution in [0.15, 0.2) is 200 Å². The number of rotatable bonds is 40. The molecule has 0 aliphatic rings. The van der Waals surface area contributed by atoms with E-state index in [1.54, 1.807) is 70.2 Å². The summed E-state index contributed by atoms with van der Waals surface area (Å²) >= 11 is 0. The van der Waals surface area contributed by atoms with E-state index in [0.717, 1.165) is 213 Å². The number of hydrogen-bond acceptors (Lipinski definition) is 19. The molecule has 0 amide bonds. The molecular weight excluding hydrogens is 1740 g/mol. The van der Waals surface area contributed by atoms with Gasteiger partial charge in [0.05, 0.1) is 18.3 Å². The van der Waals surface area contributed by atoms with Crippen molar-refractivity contribution < 1.29 is 46.0 Å². The first-order chi connectivity index (χ1) is 65.9. The lowest BCUT2D eigenvalue weighted by Crippen LogP contribution is -2.00. The predicted octanol–water partition coefficient (Wildman–Crippen LogP) is 30.6. The van der Waals surface area contributed by atoms with Crippen molar-refractivity contribution in [2.75, 3.05) is 0 Å². The van der Waals surface area contributed by atoms with Gasteiger partial charge in [-0.3, -0.25) is 0 Å². The highest BCUT2D eigenvalue weighted by atomic mass is 16.3. The Kier molecular flexibility index (Phi) is 63.8. The molecule has 0 saturated carbocycles. The number of hydrogen-bond donors (Lipinski definition) is 19. The fourth-order valence-electron chi connectivity index (χ4n) is 14.6. The van der Waals surface area contributed by atoms with Crippen LogP contribution in [-0.4, -0.2) is 103 Å². The molecule has 0 saturated heterocycles. The van der Waals surface area contributed by atoms with Crippen molar-refractivity contribution in [1.82, 2.24) is 0 Å². The minimum Gasteiger partial charge on any atom is -0.508 e. The third-order valence-corrected chi connectivity index (χ3v) is 22.7. The van der Waals surface area contributed by atoms with Crippen LogP contribution in [0.3, 0.4) is 0 Å². The molecule has 0 spiro atoms. The van der Waals surface area contributed by atoms with Gasteiger partial charge in [0, 0.05) is 57.1 Å². The third kappa shape index (κ3) is 61.8. The van der Waals surface area contributed by atoms with Gasteiger partial charge in [-0.15, -0.1) is 0 Å². The van der Waals surface area contributed by atoms with Crippen molar-refractivity contribution in [3.8, 4) is 34.5 Å². The molecule has 19 nitrogen and oxygen atoms in total. The van der Waals surface area contributed by atoms with Crippen LogP contribution in [0, 0.1) is 130 Å². The van der Waals surface area contributed by atoms with E-state index in [2.05, 4.69) is 99.6 Å². The first-order valence-electron chi connectivity index (χ1n) is 49.3. The number of aryl methyl sites for hydroxylation is 18. The van der Waals surface area contributed by atoms with Gasteiger partial charge in [0.2, 0.25) is 0 Å². The van der Waals surface area contributed by atoms with Crippen molar-refractivity contribution >= 4 is 57.1 Å². The topological polar surface area (TPSA) is 421 Å². The van der Waals surface area contributed by atoms with E-state index in [9.17, 15) is 46.0 Å². The summed E-state index contributed by atoms with van der Waals surface area (Å²) < 4.78 is 0. The molecule has 3 atom stereocenters. The van der Waals surface area contributed by atoms with Crippen LogP contribution in [0.25, 0.3) is 0 Å². The maximum absolute atomic E-state index is 9.83. The van der Waals surface area contributed by atoms with Gasteiger partial charge in [-0.2, -0.15) is 0 Å². The molecule has 0 unspecified atom stereocenters. The van der Waals surface area contributed by atoms with Gasteiger partial charge in [-0.05, 0) is 444 Å². The van der Waals surface area contributed by atoms with E-state index in [1.165, 1.54) is 55.6 Å². The molecule has 0 radical (unpaired) electrons. The summed E-state index contributed by atoms with van der Waals surface area (Å²) in [5.41, 5.74) is 30.4. The van der Waals surface area contributed by atoms with Gasteiger partial charge in [0.15, 0.2) is 11.5 Å². The van der Waals surface area contributed by atoms with E-state index < -0.39 is 18.3 Å². The Balaban J connectivity index is 0.000000778. The monoisotopic (exact) mass is 1910 g/mol. The molecule has 19 heteroatoms. The second kappa shape index (κ2) is 71.1. The summed E-state index contributed by atoms with van der Waals surface area (Å²) in [6.07, 6.45) is 22.0. The quantitative estimate of drug-likeness (QED) is 0.0128. The SMILES string of the molecule is CC(=N)CCCc1cc(C)cc(C)c1O.CC(=N)CCCc1cc(C)cc(O)c1.CC(=N)CCCc1cc(C)cc(O)c1O.CC(=N)CCCc1cc(O)ccc1C.CC(=N)CCCc1ccc(C)cc1.CC(=N)CCCc1cccc(C)c1.CC(=N)CCCc1ccccc1C.CC(=N)CC[C@H](O)c1ccc(C)c(O)c1.CC(=N)CC[C@H](O)c1ccc(C)cc1.CC(=N)CC[C@H](O)c1cccc(C)c1. The maximum Gasteiger partial charge on any atom is 0.160 e. The summed E-state index contributed by atoms with van der Waals surface area (Å²) in [6.45, 7) is 40.2. The van der Waals surface area contributed by atoms with Gasteiger partial charge in [0.25, 0.3) is 0 Å². The van der Waals surface area contributed by atoms with Crippen LogP contribution in [0.2, 0.25) is 0 Å². The summed E-state index contributed by atoms with van der Waals surface area (Å²) in [4.78, 5) is 0. The Morgan fingerprint density at radius 1 is 0.214 bits per heavy atom. The van der Waals surface area contributed by atoms with E-state index in [4.69, 9.17) is 54.1 Å². The fourth-order valence-corrected chi connectivity index (χ4v) is 14.6. The average Bonchev–Trinajstić information content (AvgIpc) is 0.852. The average molecular weight is 1910 g/mol. The van der Waals surface area contributed by atoms with Crippen LogP contribution in [-0.2, 0) is 44.9 Å². The van der Waals surface area contributed by atoms with E-state index >= 15 is 0 Å². The minimum atomic E-state index is -0.600. The number of nitrogens with one attached hydrogen (secondary N) is 10. The Morgan fingerprint density at radius 2 is 0.564 bits per heavy atom. The lowest BCUT2D eigenvalue weighted by atomic mass is 10.0. The van der Waals surface area contributed by atoms with Crippen molar-refractivity contribution in [2.45, 2.75) is 337 Å². The molecule has 0 heterocycles. The third-order valence-electron chi connectivity index (χ3n) is 22.7. The molecule has 760 valence electrons. The van der Waals surface area contributed by atoms with E-state index in [-0.39, 0.29) is 17.2 Å². The van der Waals surface area contributed by atoms with Crippen molar-refractivity contribution in [2.24, 2.45) is 0 Å². The van der Waals surface area contributed by atoms with Crippen molar-refractivity contribution in [1.29, 1.82) is 54.1 Å². The highest BCUT2D eigenvalue weighted by Gasteiger charge is 2.14. The molecule has 0 aliphatic heterocycles. The summed E-state index contributed by atoms with van der Waals surface area (Å²) in [6, 6.07) is 65.2. The molecule has 0 fully saturated rings. The molecule has 10 aromatic rings. The second-order valence-electron chi connectivity index (χ2n) is 37.9. The van der Waals surface area contributed by atoms with Crippen LogP contribution in [0.4, 0.5) is 0 Å². The molecular formula is C121H172N10O9. The molecule has 10 rings (SSSR count). The van der Waals surface area contributed by atoms with Crippen molar-refractivity contribution in [3.63, 3.8) is 0 Å². The normalized spacial score (nSPS) is 10.9.